The quantitative estimate of drug-likeness (QED) is 0.839. The molecular formula is C9H5BrO3S. The SMILES string of the molecule is O=C(O)c1ccc2cc(O)sc2c1Br. The van der Waals surface area contributed by atoms with Gasteiger partial charge in [0.15, 0.2) is 5.06 Å². The predicted octanol–water partition coefficient (Wildman–Crippen LogP) is 3.07. The summed E-state index contributed by atoms with van der Waals surface area (Å²) < 4.78 is 1.27. The Hall–Kier alpha value is -1.07. The topological polar surface area (TPSA) is 57.5 Å². The number of aromatic carboxylic acids is 1. The third-order valence-corrected chi connectivity index (χ3v) is 3.90. The third-order valence-electron chi connectivity index (χ3n) is 1.84. The molecule has 0 bridgehead atoms. The van der Waals surface area contributed by atoms with Crippen molar-refractivity contribution in [3.63, 3.8) is 0 Å². The Morgan fingerprint density at radius 1 is 1.43 bits per heavy atom. The summed E-state index contributed by atoms with van der Waals surface area (Å²) in [6.07, 6.45) is 0. The smallest absolute Gasteiger partial charge is 0.336 e. The van der Waals surface area contributed by atoms with E-state index >= 15 is 0 Å². The highest BCUT2D eigenvalue weighted by molar-refractivity contribution is 9.10. The van der Waals surface area contributed by atoms with Gasteiger partial charge in [-0.3, -0.25) is 0 Å². The Morgan fingerprint density at radius 3 is 2.79 bits per heavy atom. The number of carbonyl (C=O) groups is 1. The fourth-order valence-corrected chi connectivity index (χ4v) is 2.83. The van der Waals surface area contributed by atoms with Crippen LogP contribution in [0.2, 0.25) is 0 Å². The maximum absolute atomic E-state index is 10.8. The highest BCUT2D eigenvalue weighted by Crippen LogP contribution is 2.37. The van der Waals surface area contributed by atoms with E-state index in [1.54, 1.807) is 12.1 Å². The van der Waals surface area contributed by atoms with E-state index in [1.807, 2.05) is 0 Å². The van der Waals surface area contributed by atoms with Crippen LogP contribution < -0.4 is 0 Å². The second-order valence-corrected chi connectivity index (χ2v) is 4.56. The molecule has 0 amide bonds. The summed E-state index contributed by atoms with van der Waals surface area (Å²) >= 11 is 4.37. The number of aromatic hydroxyl groups is 1. The molecule has 2 aromatic rings. The second-order valence-electron chi connectivity index (χ2n) is 2.74. The van der Waals surface area contributed by atoms with Gasteiger partial charge in [0.2, 0.25) is 0 Å². The first-order valence-corrected chi connectivity index (χ1v) is 5.35. The monoisotopic (exact) mass is 272 g/mol. The average Bonchev–Trinajstić information content (AvgIpc) is 2.46. The highest BCUT2D eigenvalue weighted by atomic mass is 79.9. The van der Waals surface area contributed by atoms with E-state index in [4.69, 9.17) is 5.11 Å². The molecule has 3 nitrogen and oxygen atoms in total. The van der Waals surface area contributed by atoms with Crippen molar-refractivity contribution in [2.45, 2.75) is 0 Å². The highest BCUT2D eigenvalue weighted by Gasteiger charge is 2.13. The Labute approximate surface area is 91.7 Å². The minimum Gasteiger partial charge on any atom is -0.499 e. The van der Waals surface area contributed by atoms with Gasteiger partial charge in [0.05, 0.1) is 10.3 Å². The van der Waals surface area contributed by atoms with Crippen molar-refractivity contribution in [3.8, 4) is 5.06 Å². The van der Waals surface area contributed by atoms with Crippen LogP contribution >= 0.6 is 27.3 Å². The van der Waals surface area contributed by atoms with E-state index in [0.29, 0.717) is 4.47 Å². The summed E-state index contributed by atoms with van der Waals surface area (Å²) in [6.45, 7) is 0. The van der Waals surface area contributed by atoms with Crippen LogP contribution in [0.1, 0.15) is 10.4 Å². The largest absolute Gasteiger partial charge is 0.499 e. The van der Waals surface area contributed by atoms with Crippen LogP contribution in [0.4, 0.5) is 0 Å². The molecule has 0 saturated heterocycles. The lowest BCUT2D eigenvalue weighted by Gasteiger charge is -1.98. The Kier molecular flexibility index (Phi) is 2.20. The van der Waals surface area contributed by atoms with E-state index in [-0.39, 0.29) is 10.6 Å². The van der Waals surface area contributed by atoms with Crippen LogP contribution in [0, 0.1) is 0 Å². The fourth-order valence-electron chi connectivity index (χ4n) is 1.22. The number of hydrogen-bond donors (Lipinski definition) is 2. The zero-order chi connectivity index (χ0) is 10.3. The third kappa shape index (κ3) is 1.38. The molecule has 0 spiro atoms. The lowest BCUT2D eigenvalue weighted by Crippen LogP contribution is -1.96. The van der Waals surface area contributed by atoms with E-state index in [9.17, 15) is 9.90 Å². The lowest BCUT2D eigenvalue weighted by molar-refractivity contribution is 0.0696. The predicted molar refractivity (Wildman–Crippen MR) is 58.1 cm³/mol. The Bertz CT molecular complexity index is 518. The molecule has 0 aliphatic carbocycles. The number of rotatable bonds is 1. The molecule has 0 aliphatic rings. The lowest BCUT2D eigenvalue weighted by atomic mass is 10.2. The average molecular weight is 273 g/mol. The number of fused-ring (bicyclic) bond motifs is 1. The summed E-state index contributed by atoms with van der Waals surface area (Å²) in [5.41, 5.74) is 0.208. The zero-order valence-electron chi connectivity index (χ0n) is 6.82. The van der Waals surface area contributed by atoms with Gasteiger partial charge in [0, 0.05) is 4.47 Å². The fraction of sp³-hybridized carbons (Fsp3) is 0. The number of carboxylic acids is 1. The Morgan fingerprint density at radius 2 is 2.14 bits per heavy atom. The number of hydrogen-bond acceptors (Lipinski definition) is 3. The van der Waals surface area contributed by atoms with E-state index in [1.165, 1.54) is 6.07 Å². The van der Waals surface area contributed by atoms with Crippen molar-refractivity contribution >= 4 is 43.3 Å². The van der Waals surface area contributed by atoms with E-state index in [0.717, 1.165) is 21.4 Å². The maximum atomic E-state index is 10.8. The first kappa shape index (κ1) is 9.48. The van der Waals surface area contributed by atoms with Crippen molar-refractivity contribution in [3.05, 3.63) is 28.2 Å². The molecule has 1 aromatic heterocycles. The van der Waals surface area contributed by atoms with Crippen LogP contribution in [0.3, 0.4) is 0 Å². The number of thiophene rings is 1. The number of halogens is 1. The molecular weight excluding hydrogens is 268 g/mol. The van der Waals surface area contributed by atoms with Gasteiger partial charge in [0.25, 0.3) is 0 Å². The molecule has 0 aliphatic heterocycles. The summed E-state index contributed by atoms with van der Waals surface area (Å²) in [6, 6.07) is 4.80. The second kappa shape index (κ2) is 3.25. The normalized spacial score (nSPS) is 10.6. The molecule has 0 saturated carbocycles. The summed E-state index contributed by atoms with van der Waals surface area (Å²) in [4.78, 5) is 10.8. The molecule has 2 rings (SSSR count). The van der Waals surface area contributed by atoms with Gasteiger partial charge in [0.1, 0.15) is 0 Å². The van der Waals surface area contributed by atoms with Crippen molar-refractivity contribution in [1.82, 2.24) is 0 Å². The summed E-state index contributed by atoms with van der Waals surface area (Å²) in [7, 11) is 0. The van der Waals surface area contributed by atoms with Gasteiger partial charge < -0.3 is 10.2 Å². The first-order chi connectivity index (χ1) is 6.59. The Balaban J connectivity index is 2.80. The van der Waals surface area contributed by atoms with Gasteiger partial charge in [-0.2, -0.15) is 0 Å². The van der Waals surface area contributed by atoms with Crippen LogP contribution in [0.5, 0.6) is 5.06 Å². The molecule has 1 aromatic carbocycles. The van der Waals surface area contributed by atoms with Crippen molar-refractivity contribution in [2.75, 3.05) is 0 Å². The molecule has 0 atom stereocenters. The van der Waals surface area contributed by atoms with Gasteiger partial charge >= 0.3 is 5.97 Å². The molecule has 72 valence electrons. The van der Waals surface area contributed by atoms with Gasteiger partial charge in [-0.15, -0.1) is 0 Å². The van der Waals surface area contributed by atoms with Crippen LogP contribution in [-0.2, 0) is 0 Å². The molecule has 0 radical (unpaired) electrons. The van der Waals surface area contributed by atoms with Crippen molar-refractivity contribution in [2.24, 2.45) is 0 Å². The molecule has 14 heavy (non-hydrogen) atoms. The van der Waals surface area contributed by atoms with E-state index < -0.39 is 5.97 Å². The molecule has 0 unspecified atom stereocenters. The summed E-state index contributed by atoms with van der Waals surface area (Å²) in [5.74, 6) is -0.980. The minimum atomic E-state index is -0.980. The van der Waals surface area contributed by atoms with Gasteiger partial charge in [-0.05, 0) is 33.4 Å². The molecule has 1 heterocycles. The first-order valence-electron chi connectivity index (χ1n) is 3.74. The molecule has 0 fully saturated rings. The number of carboxylic acid groups (broad SMARTS) is 1. The number of benzene rings is 1. The van der Waals surface area contributed by atoms with Crippen molar-refractivity contribution < 1.29 is 15.0 Å². The molecule has 5 heteroatoms. The van der Waals surface area contributed by atoms with Crippen LogP contribution in [0.25, 0.3) is 10.1 Å². The van der Waals surface area contributed by atoms with Crippen molar-refractivity contribution in [1.29, 1.82) is 0 Å². The molecule has 2 N–H and O–H groups in total. The van der Waals surface area contributed by atoms with Gasteiger partial charge in [-0.1, -0.05) is 17.4 Å². The van der Waals surface area contributed by atoms with Crippen LogP contribution in [0.15, 0.2) is 22.7 Å². The van der Waals surface area contributed by atoms with Gasteiger partial charge in [-0.25, -0.2) is 4.79 Å². The zero-order valence-corrected chi connectivity index (χ0v) is 9.22. The van der Waals surface area contributed by atoms with E-state index in [2.05, 4.69) is 15.9 Å². The van der Waals surface area contributed by atoms with Crippen LogP contribution in [-0.4, -0.2) is 16.2 Å². The standard InChI is InChI=1S/C9H5BrO3S/c10-7-5(9(12)13)2-1-4-3-6(11)14-8(4)7/h1-3,11H,(H,12,13). The maximum Gasteiger partial charge on any atom is 0.336 e. The summed E-state index contributed by atoms with van der Waals surface area (Å²) in [5, 5.41) is 19.1. The minimum absolute atomic E-state index is 0.184.